The van der Waals surface area contributed by atoms with Crippen molar-refractivity contribution >= 4 is 7.82 Å². The highest BCUT2D eigenvalue weighted by molar-refractivity contribution is 7.47. The Morgan fingerprint density at radius 1 is 0.778 bits per heavy atom. The molecule has 7 heteroatoms. The van der Waals surface area contributed by atoms with Crippen LogP contribution in [0.25, 0.3) is 0 Å². The van der Waals surface area contributed by atoms with Gasteiger partial charge in [-0.1, -0.05) is 66.2 Å². The highest BCUT2D eigenvalue weighted by atomic mass is 31.2. The largest absolute Gasteiger partial charge is 0.476 e. The average molecular weight is 411 g/mol. The second-order valence-electron chi connectivity index (χ2n) is 7.31. The zero-order chi connectivity index (χ0) is 20.7. The Kier molecular flexibility index (Phi) is 15.9. The molecule has 0 saturated carbocycles. The van der Waals surface area contributed by atoms with E-state index in [0.717, 1.165) is 51.4 Å². The van der Waals surface area contributed by atoms with Gasteiger partial charge in [-0.3, -0.25) is 9.05 Å². The average Bonchev–Trinajstić information content (AvgIpc) is 2.61. The molecule has 0 aliphatic heterocycles. The lowest BCUT2D eigenvalue weighted by molar-refractivity contribution is -0.126. The molecule has 0 aromatic carbocycles. The van der Waals surface area contributed by atoms with Gasteiger partial charge >= 0.3 is 7.82 Å². The summed E-state index contributed by atoms with van der Waals surface area (Å²) in [6, 6.07) is 0. The third-order valence-corrected chi connectivity index (χ3v) is 5.91. The molecule has 0 aliphatic rings. The summed E-state index contributed by atoms with van der Waals surface area (Å²) in [5, 5.41) is 0. The van der Waals surface area contributed by atoms with Gasteiger partial charge in [-0.15, -0.1) is 0 Å². The minimum Gasteiger partial charge on any atom is -0.352 e. The summed E-state index contributed by atoms with van der Waals surface area (Å²) in [5.74, 6) is 0.873. The number of unbranched alkanes of at least 4 members (excludes halogenated alkanes) is 2. The Morgan fingerprint density at radius 2 is 1.15 bits per heavy atom. The first-order valence-corrected chi connectivity index (χ1v) is 12.2. The lowest BCUT2D eigenvalue weighted by atomic mass is 10.0. The van der Waals surface area contributed by atoms with Gasteiger partial charge in [0.1, 0.15) is 0 Å². The van der Waals surface area contributed by atoms with E-state index in [9.17, 15) is 9.46 Å². The van der Waals surface area contributed by atoms with Crippen LogP contribution in [0.1, 0.15) is 92.9 Å². The van der Waals surface area contributed by atoms with Crippen molar-refractivity contribution in [3.63, 3.8) is 0 Å². The van der Waals surface area contributed by atoms with Gasteiger partial charge in [0.05, 0.1) is 13.2 Å². The molecule has 4 unspecified atom stereocenters. The van der Waals surface area contributed by atoms with Gasteiger partial charge in [-0.2, -0.15) is 0 Å². The lowest BCUT2D eigenvalue weighted by Gasteiger charge is -2.23. The second-order valence-corrected chi connectivity index (χ2v) is 8.67. The van der Waals surface area contributed by atoms with E-state index in [4.69, 9.17) is 18.5 Å². The van der Waals surface area contributed by atoms with E-state index in [-0.39, 0.29) is 0 Å². The van der Waals surface area contributed by atoms with Gasteiger partial charge in [0.15, 0.2) is 12.6 Å². The van der Waals surface area contributed by atoms with Crippen molar-refractivity contribution in [2.45, 2.75) is 105 Å². The molecule has 0 radical (unpaired) electrons. The van der Waals surface area contributed by atoms with Crippen molar-refractivity contribution in [1.82, 2.24) is 0 Å². The van der Waals surface area contributed by atoms with E-state index in [2.05, 4.69) is 27.7 Å². The smallest absolute Gasteiger partial charge is 0.352 e. The van der Waals surface area contributed by atoms with E-state index in [1.54, 1.807) is 13.8 Å². The first kappa shape index (κ1) is 27.0. The maximum atomic E-state index is 12.2. The molecule has 1 N–H and O–H groups in total. The van der Waals surface area contributed by atoms with Gasteiger partial charge in [-0.25, -0.2) is 4.57 Å². The van der Waals surface area contributed by atoms with Crippen LogP contribution in [-0.2, 0) is 23.1 Å². The topological polar surface area (TPSA) is 74.2 Å². The van der Waals surface area contributed by atoms with Gasteiger partial charge in [-0.05, 0) is 38.5 Å². The van der Waals surface area contributed by atoms with Crippen LogP contribution in [0.5, 0.6) is 0 Å². The number of ether oxygens (including phenoxy) is 2. The predicted octanol–water partition coefficient (Wildman–Crippen LogP) is 6.28. The Bertz CT molecular complexity index is 361. The molecule has 0 saturated heterocycles. The number of hydrogen-bond donors (Lipinski definition) is 1. The van der Waals surface area contributed by atoms with Crippen molar-refractivity contribution in [3.8, 4) is 0 Å². The lowest BCUT2D eigenvalue weighted by Crippen LogP contribution is -2.21. The molecule has 0 aromatic heterocycles. The van der Waals surface area contributed by atoms with Crippen LogP contribution < -0.4 is 0 Å². The van der Waals surface area contributed by atoms with Gasteiger partial charge in [0, 0.05) is 0 Å². The molecule has 0 rings (SSSR count). The van der Waals surface area contributed by atoms with Crippen molar-refractivity contribution in [2.24, 2.45) is 11.8 Å². The third kappa shape index (κ3) is 14.7. The quantitative estimate of drug-likeness (QED) is 0.212. The van der Waals surface area contributed by atoms with Gasteiger partial charge < -0.3 is 14.4 Å². The molecule has 0 spiro atoms. The minimum atomic E-state index is -4.23. The Hall–Kier alpha value is 0.0300. The minimum absolute atomic E-state index is 0.436. The standard InChI is InChI=1S/C20H43O6P/c1-7-11-13-19(9-3)15-23-17(5)25-27(21,22)26-18(6)24-16-20(10-4)14-12-8-2/h17-20H,7-16H2,1-6H3,(H,21,22). The highest BCUT2D eigenvalue weighted by Gasteiger charge is 2.28. The highest BCUT2D eigenvalue weighted by Crippen LogP contribution is 2.46. The molecule has 0 amide bonds. The van der Waals surface area contributed by atoms with Crippen molar-refractivity contribution in [1.29, 1.82) is 0 Å². The fourth-order valence-corrected chi connectivity index (χ4v) is 3.72. The second kappa shape index (κ2) is 15.9. The zero-order valence-electron chi connectivity index (χ0n) is 18.3. The molecule has 0 bridgehead atoms. The van der Waals surface area contributed by atoms with Crippen LogP contribution in [0.2, 0.25) is 0 Å². The SMILES string of the molecule is CCCCC(CC)COC(C)OP(=O)(O)OC(C)OCC(CC)CCCC. The summed E-state index contributed by atoms with van der Waals surface area (Å²) in [6.07, 6.45) is 7.21. The molecule has 4 atom stereocenters. The molecule has 0 aliphatic carbocycles. The van der Waals surface area contributed by atoms with E-state index < -0.39 is 20.4 Å². The van der Waals surface area contributed by atoms with Crippen LogP contribution >= 0.6 is 7.82 Å². The van der Waals surface area contributed by atoms with E-state index in [0.29, 0.717) is 25.0 Å². The summed E-state index contributed by atoms with van der Waals surface area (Å²) >= 11 is 0. The van der Waals surface area contributed by atoms with Crippen molar-refractivity contribution in [2.75, 3.05) is 13.2 Å². The predicted molar refractivity (Wildman–Crippen MR) is 109 cm³/mol. The van der Waals surface area contributed by atoms with E-state index >= 15 is 0 Å². The summed E-state index contributed by atoms with van der Waals surface area (Å²) < 4.78 is 33.5. The first-order chi connectivity index (χ1) is 12.8. The number of phosphoric ester groups is 1. The molecule has 0 aromatic rings. The summed E-state index contributed by atoms with van der Waals surface area (Å²) in [6.45, 7) is 12.8. The molecule has 0 heterocycles. The third-order valence-electron chi connectivity index (χ3n) is 4.78. The van der Waals surface area contributed by atoms with Crippen LogP contribution in [0, 0.1) is 11.8 Å². The molecular weight excluding hydrogens is 367 g/mol. The maximum absolute atomic E-state index is 12.2. The summed E-state index contributed by atoms with van der Waals surface area (Å²) in [7, 11) is -4.23. The van der Waals surface area contributed by atoms with E-state index in [1.165, 1.54) is 0 Å². The van der Waals surface area contributed by atoms with Gasteiger partial charge in [0.25, 0.3) is 0 Å². The Morgan fingerprint density at radius 3 is 1.44 bits per heavy atom. The monoisotopic (exact) mass is 410 g/mol. The normalized spacial score (nSPS) is 18.6. The van der Waals surface area contributed by atoms with Gasteiger partial charge in [0.2, 0.25) is 0 Å². The fraction of sp³-hybridized carbons (Fsp3) is 1.00. The summed E-state index contributed by atoms with van der Waals surface area (Å²) in [5.41, 5.74) is 0. The number of phosphoric acid groups is 1. The maximum Gasteiger partial charge on any atom is 0.476 e. The Labute approximate surface area is 166 Å². The fourth-order valence-electron chi connectivity index (χ4n) is 2.80. The molecule has 27 heavy (non-hydrogen) atoms. The summed E-state index contributed by atoms with van der Waals surface area (Å²) in [4.78, 5) is 9.93. The van der Waals surface area contributed by atoms with E-state index in [1.807, 2.05) is 0 Å². The first-order valence-electron chi connectivity index (χ1n) is 10.7. The molecule has 6 nitrogen and oxygen atoms in total. The van der Waals surface area contributed by atoms with Crippen LogP contribution in [-0.4, -0.2) is 30.7 Å². The van der Waals surface area contributed by atoms with Crippen LogP contribution in [0.15, 0.2) is 0 Å². The Balaban J connectivity index is 4.23. The number of hydrogen-bond acceptors (Lipinski definition) is 5. The molecular formula is C20H43O6P. The zero-order valence-corrected chi connectivity index (χ0v) is 19.2. The van der Waals surface area contributed by atoms with Crippen molar-refractivity contribution in [3.05, 3.63) is 0 Å². The molecule has 0 fully saturated rings. The molecule has 164 valence electrons. The van der Waals surface area contributed by atoms with Crippen LogP contribution in [0.4, 0.5) is 0 Å². The van der Waals surface area contributed by atoms with Crippen molar-refractivity contribution < 1.29 is 28.0 Å². The van der Waals surface area contributed by atoms with Crippen LogP contribution in [0.3, 0.4) is 0 Å². The number of rotatable bonds is 18.